The normalized spacial score (nSPS) is 12.4. The molecule has 0 bridgehead atoms. The Bertz CT molecular complexity index is 628. The molecule has 0 fully saturated rings. The Morgan fingerprint density at radius 2 is 1.90 bits per heavy atom. The molecule has 0 saturated heterocycles. The van der Waals surface area contributed by atoms with Gasteiger partial charge in [-0.15, -0.1) is 0 Å². The molecule has 112 valence electrons. The van der Waals surface area contributed by atoms with E-state index < -0.39 is 11.6 Å². The maximum atomic E-state index is 14.3. The molecule has 4 heteroatoms. The summed E-state index contributed by atoms with van der Waals surface area (Å²) in [5, 5.41) is 3.29. The van der Waals surface area contributed by atoms with Gasteiger partial charge in [-0.25, -0.2) is 8.78 Å². The average Bonchev–Trinajstić information content (AvgIpc) is 2.44. The smallest absolute Gasteiger partial charge is 0.137 e. The largest absolute Gasteiger partial charge is 0.306 e. The molecule has 1 N–H and O–H groups in total. The lowest BCUT2D eigenvalue weighted by atomic mass is 9.96. The van der Waals surface area contributed by atoms with E-state index in [2.05, 4.69) is 21.2 Å². The zero-order chi connectivity index (χ0) is 15.4. The summed E-state index contributed by atoms with van der Waals surface area (Å²) in [5.41, 5.74) is 2.35. The van der Waals surface area contributed by atoms with E-state index in [9.17, 15) is 8.78 Å². The van der Waals surface area contributed by atoms with E-state index in [-0.39, 0.29) is 10.5 Å². The highest BCUT2D eigenvalue weighted by Crippen LogP contribution is 2.29. The molecule has 1 unspecified atom stereocenters. The highest BCUT2D eigenvalue weighted by Gasteiger charge is 2.19. The Morgan fingerprint density at radius 1 is 1.14 bits per heavy atom. The second-order valence-electron chi connectivity index (χ2n) is 5.09. The summed E-state index contributed by atoms with van der Waals surface area (Å²) < 4.78 is 28.2. The fourth-order valence-corrected chi connectivity index (χ4v) is 2.62. The van der Waals surface area contributed by atoms with Crippen molar-refractivity contribution in [2.24, 2.45) is 0 Å². The monoisotopic (exact) mass is 353 g/mol. The van der Waals surface area contributed by atoms with Gasteiger partial charge in [0.15, 0.2) is 0 Å². The first kappa shape index (κ1) is 16.1. The van der Waals surface area contributed by atoms with Gasteiger partial charge in [0.2, 0.25) is 0 Å². The molecular weight excluding hydrogens is 336 g/mol. The molecule has 0 amide bonds. The highest BCUT2D eigenvalue weighted by atomic mass is 79.9. The first-order valence-electron chi connectivity index (χ1n) is 6.97. The lowest BCUT2D eigenvalue weighted by molar-refractivity contribution is 0.533. The molecule has 0 radical (unpaired) electrons. The number of hydrogen-bond donors (Lipinski definition) is 1. The number of nitrogens with one attached hydrogen (secondary N) is 1. The van der Waals surface area contributed by atoms with Crippen LogP contribution in [0.1, 0.15) is 36.1 Å². The molecule has 0 heterocycles. The molecular formula is C17H18BrF2N. The SMILES string of the molecule is CCCNC(c1cccc(C)c1)c1cc(F)c(Br)cc1F. The van der Waals surface area contributed by atoms with Gasteiger partial charge in [0.1, 0.15) is 11.6 Å². The fourth-order valence-electron chi connectivity index (χ4n) is 2.30. The van der Waals surface area contributed by atoms with Crippen LogP contribution in [0.3, 0.4) is 0 Å². The molecule has 0 spiro atoms. The van der Waals surface area contributed by atoms with E-state index in [1.54, 1.807) is 0 Å². The summed E-state index contributed by atoms with van der Waals surface area (Å²) in [6, 6.07) is 9.92. The molecule has 1 nitrogen and oxygen atoms in total. The second kappa shape index (κ2) is 7.14. The van der Waals surface area contributed by atoms with Crippen LogP contribution in [0.15, 0.2) is 40.9 Å². The van der Waals surface area contributed by atoms with Crippen molar-refractivity contribution in [1.29, 1.82) is 0 Å². The fraction of sp³-hybridized carbons (Fsp3) is 0.294. The molecule has 21 heavy (non-hydrogen) atoms. The van der Waals surface area contributed by atoms with Crippen molar-refractivity contribution >= 4 is 15.9 Å². The molecule has 0 aliphatic heterocycles. The summed E-state index contributed by atoms with van der Waals surface area (Å²) in [4.78, 5) is 0. The van der Waals surface area contributed by atoms with E-state index in [1.807, 2.05) is 38.1 Å². The first-order chi connectivity index (χ1) is 10.0. The van der Waals surface area contributed by atoms with E-state index >= 15 is 0 Å². The Labute approximate surface area is 132 Å². The van der Waals surface area contributed by atoms with Crippen molar-refractivity contribution in [2.75, 3.05) is 6.54 Å². The number of rotatable bonds is 5. The molecule has 0 aliphatic carbocycles. The molecule has 1 atom stereocenters. The van der Waals surface area contributed by atoms with E-state index in [1.165, 1.54) is 12.1 Å². The van der Waals surface area contributed by atoms with Crippen LogP contribution < -0.4 is 5.32 Å². The van der Waals surface area contributed by atoms with Gasteiger partial charge >= 0.3 is 0 Å². The topological polar surface area (TPSA) is 12.0 Å². The van der Waals surface area contributed by atoms with Crippen molar-refractivity contribution in [3.05, 3.63) is 69.2 Å². The third-order valence-electron chi connectivity index (χ3n) is 3.32. The third-order valence-corrected chi connectivity index (χ3v) is 3.93. The number of benzene rings is 2. The zero-order valence-electron chi connectivity index (χ0n) is 12.1. The Kier molecular flexibility index (Phi) is 5.48. The van der Waals surface area contributed by atoms with Crippen molar-refractivity contribution in [2.45, 2.75) is 26.3 Å². The molecule has 0 aliphatic rings. The van der Waals surface area contributed by atoms with Crippen LogP contribution in [0, 0.1) is 18.6 Å². The number of halogens is 3. The van der Waals surface area contributed by atoms with Crippen LogP contribution in [0.25, 0.3) is 0 Å². The standard InChI is InChI=1S/C17H18BrF2N/c1-3-7-21-17(12-6-4-5-11(2)8-12)13-9-16(20)14(18)10-15(13)19/h4-6,8-10,17,21H,3,7H2,1-2H3. The Morgan fingerprint density at radius 3 is 2.57 bits per heavy atom. The number of hydrogen-bond acceptors (Lipinski definition) is 1. The summed E-state index contributed by atoms with van der Waals surface area (Å²) in [5.74, 6) is -0.874. The number of aryl methyl sites for hydroxylation is 1. The van der Waals surface area contributed by atoms with E-state index in [0.29, 0.717) is 5.56 Å². The van der Waals surface area contributed by atoms with E-state index in [0.717, 1.165) is 24.1 Å². The molecule has 0 saturated carbocycles. The van der Waals surface area contributed by atoms with Crippen molar-refractivity contribution in [3.8, 4) is 0 Å². The maximum absolute atomic E-state index is 14.3. The summed E-state index contributed by atoms with van der Waals surface area (Å²) >= 11 is 3.01. The van der Waals surface area contributed by atoms with Gasteiger partial charge in [-0.3, -0.25) is 0 Å². The van der Waals surface area contributed by atoms with Crippen LogP contribution in [-0.2, 0) is 0 Å². The second-order valence-corrected chi connectivity index (χ2v) is 5.94. The van der Waals surface area contributed by atoms with Gasteiger partial charge in [0, 0.05) is 5.56 Å². The predicted octanol–water partition coefficient (Wildman–Crippen LogP) is 5.12. The Hall–Kier alpha value is -1.26. The molecule has 2 aromatic carbocycles. The van der Waals surface area contributed by atoms with Gasteiger partial charge in [-0.1, -0.05) is 36.8 Å². The zero-order valence-corrected chi connectivity index (χ0v) is 13.7. The lowest BCUT2D eigenvalue weighted by Crippen LogP contribution is -2.24. The van der Waals surface area contributed by atoms with Crippen LogP contribution in [-0.4, -0.2) is 6.54 Å². The summed E-state index contributed by atoms with van der Waals surface area (Å²) in [7, 11) is 0. The quantitative estimate of drug-likeness (QED) is 0.735. The first-order valence-corrected chi connectivity index (χ1v) is 7.76. The van der Waals surface area contributed by atoms with Gasteiger partial charge in [-0.2, -0.15) is 0 Å². The minimum Gasteiger partial charge on any atom is -0.306 e. The van der Waals surface area contributed by atoms with Crippen LogP contribution in [0.2, 0.25) is 0 Å². The van der Waals surface area contributed by atoms with Crippen LogP contribution in [0.5, 0.6) is 0 Å². The molecule has 2 aromatic rings. The maximum Gasteiger partial charge on any atom is 0.137 e. The predicted molar refractivity (Wildman–Crippen MR) is 85.4 cm³/mol. The molecule has 2 rings (SSSR count). The van der Waals surface area contributed by atoms with Crippen molar-refractivity contribution in [1.82, 2.24) is 5.32 Å². The van der Waals surface area contributed by atoms with Gasteiger partial charge in [0.05, 0.1) is 10.5 Å². The summed E-state index contributed by atoms with van der Waals surface area (Å²) in [6.45, 7) is 4.76. The van der Waals surface area contributed by atoms with Gasteiger partial charge in [0.25, 0.3) is 0 Å². The van der Waals surface area contributed by atoms with Crippen LogP contribution in [0.4, 0.5) is 8.78 Å². The van der Waals surface area contributed by atoms with Gasteiger partial charge < -0.3 is 5.32 Å². The molecule has 0 aromatic heterocycles. The Balaban J connectivity index is 2.47. The van der Waals surface area contributed by atoms with E-state index in [4.69, 9.17) is 0 Å². The summed E-state index contributed by atoms with van der Waals surface area (Å²) in [6.07, 6.45) is 0.920. The van der Waals surface area contributed by atoms with Crippen LogP contribution >= 0.6 is 15.9 Å². The third kappa shape index (κ3) is 3.89. The van der Waals surface area contributed by atoms with Gasteiger partial charge in [-0.05, 0) is 53.5 Å². The lowest BCUT2D eigenvalue weighted by Gasteiger charge is -2.21. The van der Waals surface area contributed by atoms with Crippen molar-refractivity contribution < 1.29 is 8.78 Å². The average molecular weight is 354 g/mol. The van der Waals surface area contributed by atoms with Crippen molar-refractivity contribution in [3.63, 3.8) is 0 Å². The minimum atomic E-state index is -0.456. The minimum absolute atomic E-state index is 0.141. The highest BCUT2D eigenvalue weighted by molar-refractivity contribution is 9.10.